The van der Waals surface area contributed by atoms with Crippen molar-refractivity contribution in [3.63, 3.8) is 0 Å². The third-order valence-corrected chi connectivity index (χ3v) is 4.00. The van der Waals surface area contributed by atoms with Crippen molar-refractivity contribution in [1.29, 1.82) is 0 Å². The minimum Gasteiger partial charge on any atom is -0.466 e. The molecule has 7 nitrogen and oxygen atoms in total. The van der Waals surface area contributed by atoms with Crippen LogP contribution in [0, 0.1) is 6.92 Å². The maximum absolute atomic E-state index is 12.4. The molecule has 2 rings (SSSR count). The molecular formula is C18H22N2O5. The van der Waals surface area contributed by atoms with Crippen molar-refractivity contribution in [2.45, 2.75) is 19.8 Å². The zero-order valence-corrected chi connectivity index (χ0v) is 14.6. The molecule has 0 radical (unpaired) electrons. The van der Waals surface area contributed by atoms with Crippen molar-refractivity contribution in [2.24, 2.45) is 0 Å². The number of hydrogen-bond donors (Lipinski definition) is 1. The molecule has 0 atom stereocenters. The molecule has 1 aliphatic heterocycles. The number of esters is 2. The second kappa shape index (κ2) is 8.32. The Balaban J connectivity index is 2.21. The molecular weight excluding hydrogens is 324 g/mol. The van der Waals surface area contributed by atoms with E-state index in [2.05, 4.69) is 14.8 Å². The van der Waals surface area contributed by atoms with Crippen LogP contribution in [0.3, 0.4) is 0 Å². The predicted molar refractivity (Wildman–Crippen MR) is 92.1 cm³/mol. The Morgan fingerprint density at radius 1 is 1.12 bits per heavy atom. The molecule has 1 aromatic rings. The quantitative estimate of drug-likeness (QED) is 0.647. The van der Waals surface area contributed by atoms with Crippen molar-refractivity contribution >= 4 is 23.5 Å². The summed E-state index contributed by atoms with van der Waals surface area (Å²) in [5.74, 6) is -1.36. The molecule has 0 spiro atoms. The van der Waals surface area contributed by atoms with Crippen molar-refractivity contribution in [3.8, 4) is 0 Å². The summed E-state index contributed by atoms with van der Waals surface area (Å²) in [5.41, 5.74) is 1.92. The lowest BCUT2D eigenvalue weighted by Gasteiger charge is -2.17. The average molecular weight is 346 g/mol. The predicted octanol–water partition coefficient (Wildman–Crippen LogP) is 1.87. The molecule has 1 saturated heterocycles. The van der Waals surface area contributed by atoms with Crippen LogP contribution in [-0.4, -0.2) is 50.1 Å². The van der Waals surface area contributed by atoms with Crippen LogP contribution in [-0.2, 0) is 19.1 Å². The summed E-state index contributed by atoms with van der Waals surface area (Å²) >= 11 is 0. The van der Waals surface area contributed by atoms with Gasteiger partial charge in [0.05, 0.1) is 20.3 Å². The molecule has 0 aromatic heterocycles. The molecule has 1 aliphatic rings. The van der Waals surface area contributed by atoms with Crippen molar-refractivity contribution in [3.05, 3.63) is 41.1 Å². The van der Waals surface area contributed by atoms with E-state index in [1.165, 1.54) is 14.2 Å². The lowest BCUT2D eigenvalue weighted by Crippen LogP contribution is -2.27. The largest absolute Gasteiger partial charge is 0.466 e. The summed E-state index contributed by atoms with van der Waals surface area (Å²) in [6, 6.07) is 5.16. The summed E-state index contributed by atoms with van der Waals surface area (Å²) in [7, 11) is 2.44. The molecule has 1 aromatic carbocycles. The lowest BCUT2D eigenvalue weighted by atomic mass is 10.1. The van der Waals surface area contributed by atoms with Crippen LogP contribution in [0.1, 0.15) is 28.8 Å². The molecule has 1 heterocycles. The number of rotatable bonds is 5. The van der Waals surface area contributed by atoms with E-state index in [0.717, 1.165) is 37.6 Å². The average Bonchev–Trinajstić information content (AvgIpc) is 3.15. The normalized spacial score (nSPS) is 14.2. The number of anilines is 1. The number of amides is 1. The van der Waals surface area contributed by atoms with Gasteiger partial charge in [0.15, 0.2) is 0 Å². The van der Waals surface area contributed by atoms with Crippen molar-refractivity contribution in [2.75, 3.05) is 32.6 Å². The Bertz CT molecular complexity index is 705. The van der Waals surface area contributed by atoms with Crippen LogP contribution in [0.15, 0.2) is 30.0 Å². The molecule has 134 valence electrons. The fourth-order valence-electron chi connectivity index (χ4n) is 2.62. The second-order valence-corrected chi connectivity index (χ2v) is 5.73. The minimum absolute atomic E-state index is 0.00504. The molecule has 0 aliphatic carbocycles. The summed E-state index contributed by atoms with van der Waals surface area (Å²) in [6.07, 6.45) is 3.09. The number of nitrogens with one attached hydrogen (secondary N) is 1. The molecule has 1 amide bonds. The third kappa shape index (κ3) is 4.59. The van der Waals surface area contributed by atoms with Gasteiger partial charge in [0.1, 0.15) is 5.70 Å². The molecule has 0 unspecified atom stereocenters. The summed E-state index contributed by atoms with van der Waals surface area (Å²) < 4.78 is 9.20. The van der Waals surface area contributed by atoms with Crippen LogP contribution in [0.25, 0.3) is 0 Å². The van der Waals surface area contributed by atoms with E-state index < -0.39 is 11.9 Å². The van der Waals surface area contributed by atoms with Gasteiger partial charge in [-0.1, -0.05) is 0 Å². The SMILES string of the molecule is COC(=O)/C=C(/Nc1ccc(C(=O)N2CCCC2)cc1C)C(=O)OC. The van der Waals surface area contributed by atoms with Gasteiger partial charge in [-0.15, -0.1) is 0 Å². The van der Waals surface area contributed by atoms with Gasteiger partial charge in [0.25, 0.3) is 5.91 Å². The highest BCUT2D eigenvalue weighted by atomic mass is 16.5. The Morgan fingerprint density at radius 2 is 1.80 bits per heavy atom. The number of hydrogen-bond acceptors (Lipinski definition) is 6. The zero-order valence-electron chi connectivity index (χ0n) is 14.6. The molecule has 25 heavy (non-hydrogen) atoms. The van der Waals surface area contributed by atoms with Crippen LogP contribution in [0.5, 0.6) is 0 Å². The summed E-state index contributed by atoms with van der Waals surface area (Å²) in [5, 5.41) is 2.86. The fourth-order valence-corrected chi connectivity index (χ4v) is 2.62. The Kier molecular flexibility index (Phi) is 6.16. The minimum atomic E-state index is -0.693. The second-order valence-electron chi connectivity index (χ2n) is 5.73. The Labute approximate surface area is 146 Å². The number of ether oxygens (including phenoxy) is 2. The van der Waals surface area contributed by atoms with Crippen molar-refractivity contribution in [1.82, 2.24) is 4.90 Å². The third-order valence-electron chi connectivity index (χ3n) is 4.00. The van der Waals surface area contributed by atoms with E-state index in [1.807, 2.05) is 11.8 Å². The fraction of sp³-hybridized carbons (Fsp3) is 0.389. The highest BCUT2D eigenvalue weighted by Gasteiger charge is 2.20. The molecule has 7 heteroatoms. The Hall–Kier alpha value is -2.83. The van der Waals surface area contributed by atoms with Crippen LogP contribution in [0.2, 0.25) is 0 Å². The first-order valence-electron chi connectivity index (χ1n) is 8.01. The number of carbonyl (C=O) groups is 3. The number of benzene rings is 1. The van der Waals surface area contributed by atoms with Gasteiger partial charge in [0, 0.05) is 24.3 Å². The van der Waals surface area contributed by atoms with Crippen molar-refractivity contribution < 1.29 is 23.9 Å². The highest BCUT2D eigenvalue weighted by Crippen LogP contribution is 2.21. The van der Waals surface area contributed by atoms with Crippen LogP contribution in [0.4, 0.5) is 5.69 Å². The van der Waals surface area contributed by atoms with Crippen LogP contribution >= 0.6 is 0 Å². The standard InChI is InChI=1S/C18H22N2O5/c1-12-10-13(17(22)20-8-4-5-9-20)6-7-14(12)19-15(18(23)25-3)11-16(21)24-2/h6-7,10-11,19H,4-5,8-9H2,1-3H3/b15-11+. The van der Waals surface area contributed by atoms with Crippen LogP contribution < -0.4 is 5.32 Å². The Morgan fingerprint density at radius 3 is 2.36 bits per heavy atom. The van der Waals surface area contributed by atoms with E-state index in [0.29, 0.717) is 11.3 Å². The van der Waals surface area contributed by atoms with Gasteiger partial charge >= 0.3 is 11.9 Å². The number of methoxy groups -OCH3 is 2. The number of nitrogens with zero attached hydrogens (tertiary/aromatic N) is 1. The molecule has 0 saturated carbocycles. The first-order chi connectivity index (χ1) is 12.0. The first kappa shape index (κ1) is 18.5. The van der Waals surface area contributed by atoms with Gasteiger partial charge in [-0.25, -0.2) is 9.59 Å². The lowest BCUT2D eigenvalue weighted by molar-refractivity contribution is -0.138. The molecule has 1 N–H and O–H groups in total. The molecule has 1 fully saturated rings. The highest BCUT2D eigenvalue weighted by molar-refractivity contribution is 5.99. The van der Waals surface area contributed by atoms with Gasteiger partial charge < -0.3 is 19.7 Å². The van der Waals surface area contributed by atoms with E-state index >= 15 is 0 Å². The van der Waals surface area contributed by atoms with E-state index in [9.17, 15) is 14.4 Å². The molecule has 0 bridgehead atoms. The monoisotopic (exact) mass is 346 g/mol. The van der Waals surface area contributed by atoms with E-state index in [1.54, 1.807) is 18.2 Å². The first-order valence-corrected chi connectivity index (χ1v) is 8.01. The smallest absolute Gasteiger partial charge is 0.354 e. The van der Waals surface area contributed by atoms with Gasteiger partial charge in [-0.2, -0.15) is 0 Å². The number of carbonyl (C=O) groups excluding carboxylic acids is 3. The van der Waals surface area contributed by atoms with Gasteiger partial charge in [-0.3, -0.25) is 4.79 Å². The van der Waals surface area contributed by atoms with Gasteiger partial charge in [-0.05, 0) is 43.5 Å². The summed E-state index contributed by atoms with van der Waals surface area (Å²) in [6.45, 7) is 3.38. The summed E-state index contributed by atoms with van der Waals surface area (Å²) in [4.78, 5) is 37.5. The number of likely N-dealkylation sites (tertiary alicyclic amines) is 1. The maximum Gasteiger partial charge on any atom is 0.354 e. The van der Waals surface area contributed by atoms with Gasteiger partial charge in [0.2, 0.25) is 0 Å². The van der Waals surface area contributed by atoms with E-state index in [4.69, 9.17) is 0 Å². The number of aryl methyl sites for hydroxylation is 1. The maximum atomic E-state index is 12.4. The van der Waals surface area contributed by atoms with E-state index in [-0.39, 0.29) is 11.6 Å². The zero-order chi connectivity index (χ0) is 18.4. The topological polar surface area (TPSA) is 84.9 Å².